The van der Waals surface area contributed by atoms with Crippen molar-refractivity contribution in [2.45, 2.75) is 39.7 Å². The number of aromatic nitrogens is 1. The molecule has 1 aliphatic rings. The van der Waals surface area contributed by atoms with Crippen LogP contribution >= 0.6 is 11.3 Å². The number of amides is 1. The van der Waals surface area contributed by atoms with Crippen LogP contribution in [0, 0.1) is 11.8 Å². The number of carbonyl (C=O) groups excluding carboxylic acids is 1. The summed E-state index contributed by atoms with van der Waals surface area (Å²) in [7, 11) is 1.65. The first-order valence-electron chi connectivity index (χ1n) is 9.61. The number of carbonyl (C=O) groups is 1. The Morgan fingerprint density at radius 2 is 2.11 bits per heavy atom. The topological polar surface area (TPSA) is 54.5 Å². The smallest absolute Gasteiger partial charge is 0.226 e. The molecule has 2 atom stereocenters. The van der Waals surface area contributed by atoms with Crippen LogP contribution in [0.4, 0.5) is 5.13 Å². The van der Waals surface area contributed by atoms with Gasteiger partial charge < -0.3 is 10.1 Å². The van der Waals surface area contributed by atoms with E-state index in [1.807, 2.05) is 24.3 Å². The van der Waals surface area contributed by atoms with Crippen molar-refractivity contribution in [3.8, 4) is 5.75 Å². The quantitative estimate of drug-likeness (QED) is 0.774. The van der Waals surface area contributed by atoms with Crippen molar-refractivity contribution in [2.24, 2.45) is 11.8 Å². The monoisotopic (exact) mass is 387 g/mol. The highest BCUT2D eigenvalue weighted by Gasteiger charge is 2.22. The number of rotatable bonds is 7. The van der Waals surface area contributed by atoms with E-state index in [0.717, 1.165) is 48.5 Å². The SMILES string of the molecule is COc1cccc(CCC(=O)Nc2nc(CN3CC(C)CC(C)C3)cs2)c1. The van der Waals surface area contributed by atoms with Gasteiger partial charge >= 0.3 is 0 Å². The number of ether oxygens (including phenoxy) is 1. The van der Waals surface area contributed by atoms with Crippen LogP contribution in [0.1, 0.15) is 37.9 Å². The van der Waals surface area contributed by atoms with Gasteiger partial charge in [-0.05, 0) is 42.4 Å². The number of nitrogens with zero attached hydrogens (tertiary/aromatic N) is 2. The van der Waals surface area contributed by atoms with Gasteiger partial charge in [-0.3, -0.25) is 9.69 Å². The number of methoxy groups -OCH3 is 1. The van der Waals surface area contributed by atoms with Crippen LogP contribution in [0.15, 0.2) is 29.6 Å². The number of piperidine rings is 1. The summed E-state index contributed by atoms with van der Waals surface area (Å²) in [5.41, 5.74) is 2.14. The molecule has 146 valence electrons. The van der Waals surface area contributed by atoms with Gasteiger partial charge in [0.05, 0.1) is 12.8 Å². The molecule has 0 aliphatic carbocycles. The zero-order valence-electron chi connectivity index (χ0n) is 16.4. The van der Waals surface area contributed by atoms with Gasteiger partial charge in [0.2, 0.25) is 5.91 Å². The van der Waals surface area contributed by atoms with E-state index < -0.39 is 0 Å². The fraction of sp³-hybridized carbons (Fsp3) is 0.524. The third-order valence-electron chi connectivity index (χ3n) is 4.90. The van der Waals surface area contributed by atoms with Gasteiger partial charge in [0.25, 0.3) is 0 Å². The highest BCUT2D eigenvalue weighted by molar-refractivity contribution is 7.13. The lowest BCUT2D eigenvalue weighted by Gasteiger charge is -2.34. The molecule has 1 aromatic heterocycles. The molecule has 0 bridgehead atoms. The highest BCUT2D eigenvalue weighted by atomic mass is 32.1. The summed E-state index contributed by atoms with van der Waals surface area (Å²) in [6, 6.07) is 7.83. The largest absolute Gasteiger partial charge is 0.497 e. The minimum Gasteiger partial charge on any atom is -0.497 e. The molecule has 0 saturated carbocycles. The van der Waals surface area contributed by atoms with E-state index in [2.05, 4.69) is 34.4 Å². The van der Waals surface area contributed by atoms with Crippen molar-refractivity contribution >= 4 is 22.4 Å². The average Bonchev–Trinajstić information content (AvgIpc) is 3.06. The average molecular weight is 388 g/mol. The number of likely N-dealkylation sites (tertiary alicyclic amines) is 1. The number of hydrogen-bond acceptors (Lipinski definition) is 5. The third-order valence-corrected chi connectivity index (χ3v) is 5.71. The predicted octanol–water partition coefficient (Wildman–Crippen LogP) is 4.20. The second-order valence-electron chi connectivity index (χ2n) is 7.68. The summed E-state index contributed by atoms with van der Waals surface area (Å²) in [4.78, 5) is 19.3. The highest BCUT2D eigenvalue weighted by Crippen LogP contribution is 2.24. The zero-order chi connectivity index (χ0) is 19.2. The maximum absolute atomic E-state index is 12.2. The van der Waals surface area contributed by atoms with E-state index in [1.165, 1.54) is 17.8 Å². The van der Waals surface area contributed by atoms with Crippen LogP contribution in [-0.2, 0) is 17.8 Å². The summed E-state index contributed by atoms with van der Waals surface area (Å²) in [6.07, 6.45) is 2.43. The molecule has 1 fully saturated rings. The molecule has 1 aliphatic heterocycles. The fourth-order valence-corrected chi connectivity index (χ4v) is 4.57. The lowest BCUT2D eigenvalue weighted by Crippen LogP contribution is -2.38. The molecule has 1 N–H and O–H groups in total. The molecule has 2 unspecified atom stereocenters. The molecule has 0 radical (unpaired) electrons. The maximum atomic E-state index is 12.2. The van der Waals surface area contributed by atoms with E-state index in [4.69, 9.17) is 4.74 Å². The Bertz CT molecular complexity index is 751. The standard InChI is InChI=1S/C21H29N3O2S/c1-15-9-16(2)12-24(11-15)13-18-14-27-21(22-18)23-20(25)8-7-17-5-4-6-19(10-17)26-3/h4-6,10,14-16H,7-9,11-13H2,1-3H3,(H,22,23,25). The Labute approximate surface area is 165 Å². The molecule has 2 aromatic rings. The zero-order valence-corrected chi connectivity index (χ0v) is 17.2. The minimum absolute atomic E-state index is 0.000984. The minimum atomic E-state index is -0.000984. The first-order valence-corrected chi connectivity index (χ1v) is 10.5. The fourth-order valence-electron chi connectivity index (χ4n) is 3.85. The first-order chi connectivity index (χ1) is 13.0. The molecule has 1 aromatic carbocycles. The number of nitrogens with one attached hydrogen (secondary N) is 1. The normalized spacial score (nSPS) is 20.4. The summed E-state index contributed by atoms with van der Waals surface area (Å²) in [6.45, 7) is 7.76. The molecule has 0 spiro atoms. The van der Waals surface area contributed by atoms with Crippen molar-refractivity contribution in [2.75, 3.05) is 25.5 Å². The van der Waals surface area contributed by atoms with E-state index >= 15 is 0 Å². The summed E-state index contributed by atoms with van der Waals surface area (Å²) >= 11 is 1.51. The van der Waals surface area contributed by atoms with Crippen molar-refractivity contribution < 1.29 is 9.53 Å². The maximum Gasteiger partial charge on any atom is 0.226 e. The molecular formula is C21H29N3O2S. The summed E-state index contributed by atoms with van der Waals surface area (Å²) in [5.74, 6) is 2.30. The second kappa shape index (κ2) is 9.33. The van der Waals surface area contributed by atoms with E-state index in [-0.39, 0.29) is 5.91 Å². The molecule has 27 heavy (non-hydrogen) atoms. The van der Waals surface area contributed by atoms with Gasteiger partial charge in [-0.15, -0.1) is 11.3 Å². The number of benzene rings is 1. The van der Waals surface area contributed by atoms with E-state index in [1.54, 1.807) is 7.11 Å². The van der Waals surface area contributed by atoms with Gasteiger partial charge in [-0.2, -0.15) is 0 Å². The van der Waals surface area contributed by atoms with Gasteiger partial charge in [0, 0.05) is 31.4 Å². The van der Waals surface area contributed by atoms with Gasteiger partial charge in [0.1, 0.15) is 5.75 Å². The van der Waals surface area contributed by atoms with Crippen LogP contribution in [0.5, 0.6) is 5.75 Å². The van der Waals surface area contributed by atoms with Crippen LogP contribution in [0.3, 0.4) is 0 Å². The number of thiazole rings is 1. The van der Waals surface area contributed by atoms with E-state index in [9.17, 15) is 4.79 Å². The Hall–Kier alpha value is -1.92. The van der Waals surface area contributed by atoms with Gasteiger partial charge in [-0.25, -0.2) is 4.98 Å². The molecule has 5 nitrogen and oxygen atoms in total. The summed E-state index contributed by atoms with van der Waals surface area (Å²) < 4.78 is 5.22. The molecule has 1 saturated heterocycles. The third kappa shape index (κ3) is 6.04. The predicted molar refractivity (Wildman–Crippen MR) is 110 cm³/mol. The van der Waals surface area contributed by atoms with Crippen LogP contribution in [-0.4, -0.2) is 36.0 Å². The number of hydrogen-bond donors (Lipinski definition) is 1. The van der Waals surface area contributed by atoms with Crippen molar-refractivity contribution in [1.82, 2.24) is 9.88 Å². The Morgan fingerprint density at radius 1 is 1.33 bits per heavy atom. The van der Waals surface area contributed by atoms with Crippen molar-refractivity contribution in [3.05, 3.63) is 40.9 Å². The molecule has 2 heterocycles. The Kier molecular flexibility index (Phi) is 6.85. The summed E-state index contributed by atoms with van der Waals surface area (Å²) in [5, 5.41) is 5.69. The van der Waals surface area contributed by atoms with Gasteiger partial charge in [0.15, 0.2) is 5.13 Å². The van der Waals surface area contributed by atoms with Crippen LogP contribution in [0.25, 0.3) is 0 Å². The second-order valence-corrected chi connectivity index (χ2v) is 8.54. The van der Waals surface area contributed by atoms with Crippen molar-refractivity contribution in [1.29, 1.82) is 0 Å². The number of aryl methyl sites for hydroxylation is 1. The lowest BCUT2D eigenvalue weighted by molar-refractivity contribution is -0.116. The molecule has 3 rings (SSSR count). The lowest BCUT2D eigenvalue weighted by atomic mass is 9.92. The van der Waals surface area contributed by atoms with Crippen LogP contribution < -0.4 is 10.1 Å². The molecule has 6 heteroatoms. The van der Waals surface area contributed by atoms with Crippen molar-refractivity contribution in [3.63, 3.8) is 0 Å². The Morgan fingerprint density at radius 3 is 2.85 bits per heavy atom. The van der Waals surface area contributed by atoms with Gasteiger partial charge in [-0.1, -0.05) is 26.0 Å². The molecular weight excluding hydrogens is 358 g/mol. The Balaban J connectivity index is 1.47. The molecule has 1 amide bonds. The number of anilines is 1. The van der Waals surface area contributed by atoms with E-state index in [0.29, 0.717) is 18.0 Å². The van der Waals surface area contributed by atoms with Crippen LogP contribution in [0.2, 0.25) is 0 Å². The first kappa shape index (κ1) is 19.8.